The fraction of sp³-hybridized carbons (Fsp3) is 0.182. The predicted octanol–water partition coefficient (Wildman–Crippen LogP) is 2.59. The van der Waals surface area contributed by atoms with Crippen LogP contribution in [0.25, 0.3) is 16.7 Å². The lowest BCUT2D eigenvalue weighted by Crippen LogP contribution is -2.81. The van der Waals surface area contributed by atoms with Crippen molar-refractivity contribution in [1.29, 1.82) is 0 Å². The summed E-state index contributed by atoms with van der Waals surface area (Å²) in [5.74, 6) is 0. The number of benzene rings is 2. The van der Waals surface area contributed by atoms with Gasteiger partial charge in [0.25, 0.3) is 5.56 Å². The topological polar surface area (TPSA) is 67.3 Å². The molecular weight excluding hydrogens is 336 g/mol. The fourth-order valence-corrected chi connectivity index (χ4v) is 3.29. The van der Waals surface area contributed by atoms with Crippen molar-refractivity contribution in [2.24, 2.45) is 0 Å². The van der Waals surface area contributed by atoms with Crippen molar-refractivity contribution in [1.82, 2.24) is 14.8 Å². The summed E-state index contributed by atoms with van der Waals surface area (Å²) in [6.45, 7) is 5.54. The van der Waals surface area contributed by atoms with Gasteiger partial charge in [-0.25, -0.2) is 4.68 Å². The molecule has 136 valence electrons. The van der Waals surface area contributed by atoms with Crippen molar-refractivity contribution in [2.75, 3.05) is 0 Å². The molecule has 0 unspecified atom stereocenters. The Labute approximate surface area is 157 Å². The van der Waals surface area contributed by atoms with Crippen LogP contribution in [0.1, 0.15) is 22.4 Å². The first-order valence-electron chi connectivity index (χ1n) is 9.16. The Balaban J connectivity index is 1.59. The first-order valence-corrected chi connectivity index (χ1v) is 9.16. The van der Waals surface area contributed by atoms with Gasteiger partial charge in [-0.15, -0.1) is 0 Å². The van der Waals surface area contributed by atoms with Crippen molar-refractivity contribution in [2.45, 2.75) is 26.9 Å². The molecule has 0 aliphatic heterocycles. The lowest BCUT2D eigenvalue weighted by molar-refractivity contribution is -0.686. The van der Waals surface area contributed by atoms with Crippen molar-refractivity contribution in [3.63, 3.8) is 0 Å². The SMILES string of the molecule is Cc1ccc(C[NH2+]Cc2cc3c(C)nn(-c4ccccc4)c3[nH]c2=O)cc1. The molecule has 4 aromatic rings. The van der Waals surface area contributed by atoms with E-state index in [1.807, 2.05) is 43.3 Å². The molecule has 5 heteroatoms. The number of aromatic amines is 1. The summed E-state index contributed by atoms with van der Waals surface area (Å²) in [6.07, 6.45) is 0. The molecule has 0 saturated heterocycles. The summed E-state index contributed by atoms with van der Waals surface area (Å²) in [6, 6.07) is 20.3. The molecule has 0 bridgehead atoms. The van der Waals surface area contributed by atoms with Gasteiger partial charge in [0.15, 0.2) is 0 Å². The third-order valence-corrected chi connectivity index (χ3v) is 4.81. The van der Waals surface area contributed by atoms with E-state index in [4.69, 9.17) is 0 Å². The minimum Gasteiger partial charge on any atom is -0.339 e. The Bertz CT molecular complexity index is 1120. The van der Waals surface area contributed by atoms with Crippen molar-refractivity contribution >= 4 is 11.0 Å². The maximum Gasteiger partial charge on any atom is 0.258 e. The number of aromatic nitrogens is 3. The van der Waals surface area contributed by atoms with Gasteiger partial charge in [0.1, 0.15) is 18.7 Å². The number of fused-ring (bicyclic) bond motifs is 1. The molecule has 0 fully saturated rings. The van der Waals surface area contributed by atoms with Gasteiger partial charge in [-0.2, -0.15) is 5.10 Å². The number of hydrogen-bond acceptors (Lipinski definition) is 2. The Morgan fingerprint density at radius 3 is 2.48 bits per heavy atom. The number of para-hydroxylation sites is 1. The van der Waals surface area contributed by atoms with Crippen LogP contribution < -0.4 is 10.9 Å². The number of rotatable bonds is 5. The Kier molecular flexibility index (Phi) is 4.60. The van der Waals surface area contributed by atoms with E-state index in [1.54, 1.807) is 4.68 Å². The van der Waals surface area contributed by atoms with E-state index in [9.17, 15) is 4.79 Å². The Morgan fingerprint density at radius 2 is 1.74 bits per heavy atom. The van der Waals surface area contributed by atoms with Crippen LogP contribution >= 0.6 is 0 Å². The van der Waals surface area contributed by atoms with Gasteiger partial charge < -0.3 is 10.3 Å². The first-order chi connectivity index (χ1) is 13.1. The van der Waals surface area contributed by atoms with Gasteiger partial charge in [-0.05, 0) is 32.0 Å². The number of nitrogens with zero attached hydrogens (tertiary/aromatic N) is 2. The number of nitrogens with one attached hydrogen (secondary N) is 1. The molecule has 2 heterocycles. The second-order valence-electron chi connectivity index (χ2n) is 6.90. The average Bonchev–Trinajstić information content (AvgIpc) is 3.00. The average molecular weight is 359 g/mol. The van der Waals surface area contributed by atoms with E-state index in [1.165, 1.54) is 11.1 Å². The van der Waals surface area contributed by atoms with Gasteiger partial charge in [-0.1, -0.05) is 48.0 Å². The molecular formula is C22H23N4O+. The van der Waals surface area contributed by atoms with E-state index >= 15 is 0 Å². The number of H-pyrrole nitrogens is 1. The summed E-state index contributed by atoms with van der Waals surface area (Å²) in [5, 5.41) is 7.75. The largest absolute Gasteiger partial charge is 0.339 e. The number of pyridine rings is 1. The number of hydrogen-bond donors (Lipinski definition) is 2. The number of quaternary nitrogens is 1. The van der Waals surface area contributed by atoms with E-state index in [-0.39, 0.29) is 5.56 Å². The zero-order valence-corrected chi connectivity index (χ0v) is 15.6. The highest BCUT2D eigenvalue weighted by atomic mass is 16.1. The van der Waals surface area contributed by atoms with Crippen molar-refractivity contribution in [3.8, 4) is 5.69 Å². The van der Waals surface area contributed by atoms with Crippen LogP contribution in [-0.2, 0) is 13.1 Å². The third kappa shape index (κ3) is 3.55. The van der Waals surface area contributed by atoms with Crippen LogP contribution in [0, 0.1) is 13.8 Å². The third-order valence-electron chi connectivity index (χ3n) is 4.81. The molecule has 0 saturated carbocycles. The summed E-state index contributed by atoms with van der Waals surface area (Å²) >= 11 is 0. The van der Waals surface area contributed by atoms with Gasteiger partial charge in [0, 0.05) is 10.9 Å². The van der Waals surface area contributed by atoms with E-state index in [0.717, 1.165) is 34.5 Å². The molecule has 0 atom stereocenters. The van der Waals surface area contributed by atoms with Crippen LogP contribution in [0.3, 0.4) is 0 Å². The first kappa shape index (κ1) is 17.2. The smallest absolute Gasteiger partial charge is 0.258 e. The molecule has 4 rings (SSSR count). The molecule has 0 spiro atoms. The summed E-state index contributed by atoms with van der Waals surface area (Å²) < 4.78 is 1.80. The molecule has 0 radical (unpaired) electrons. The second kappa shape index (κ2) is 7.21. The number of nitrogens with two attached hydrogens (primary N) is 1. The van der Waals surface area contributed by atoms with Crippen LogP contribution in [-0.4, -0.2) is 14.8 Å². The monoisotopic (exact) mass is 359 g/mol. The second-order valence-corrected chi connectivity index (χ2v) is 6.90. The minimum atomic E-state index is -0.0558. The summed E-state index contributed by atoms with van der Waals surface area (Å²) in [5.41, 5.74) is 5.81. The van der Waals surface area contributed by atoms with Crippen LogP contribution in [0.2, 0.25) is 0 Å². The Morgan fingerprint density at radius 1 is 1.00 bits per heavy atom. The molecule has 5 nitrogen and oxygen atoms in total. The molecule has 2 aromatic carbocycles. The highest BCUT2D eigenvalue weighted by Crippen LogP contribution is 2.19. The van der Waals surface area contributed by atoms with Crippen molar-refractivity contribution < 1.29 is 5.32 Å². The van der Waals surface area contributed by atoms with E-state index in [0.29, 0.717) is 6.54 Å². The molecule has 0 aliphatic carbocycles. The Hall–Kier alpha value is -3.18. The molecule has 27 heavy (non-hydrogen) atoms. The molecule has 0 aliphatic rings. The maximum atomic E-state index is 12.6. The van der Waals surface area contributed by atoms with E-state index in [2.05, 4.69) is 46.6 Å². The highest BCUT2D eigenvalue weighted by Gasteiger charge is 2.13. The minimum absolute atomic E-state index is 0.0558. The summed E-state index contributed by atoms with van der Waals surface area (Å²) in [4.78, 5) is 15.6. The lowest BCUT2D eigenvalue weighted by Gasteiger charge is -2.05. The van der Waals surface area contributed by atoms with Gasteiger partial charge in [-0.3, -0.25) is 4.79 Å². The van der Waals surface area contributed by atoms with Gasteiger partial charge in [0.05, 0.1) is 16.9 Å². The van der Waals surface area contributed by atoms with Gasteiger partial charge >= 0.3 is 0 Å². The predicted molar refractivity (Wildman–Crippen MR) is 107 cm³/mol. The molecule has 0 amide bonds. The highest BCUT2D eigenvalue weighted by molar-refractivity contribution is 5.80. The zero-order chi connectivity index (χ0) is 18.8. The standard InChI is InChI=1S/C22H22N4O/c1-15-8-10-17(11-9-15)13-23-14-18-12-20-16(2)25-26(21(20)24-22(18)27)19-6-4-3-5-7-19/h3-12,23H,13-14H2,1-2H3,(H,24,27)/p+1. The van der Waals surface area contributed by atoms with Crippen LogP contribution in [0.15, 0.2) is 65.5 Å². The quantitative estimate of drug-likeness (QED) is 0.575. The summed E-state index contributed by atoms with van der Waals surface area (Å²) in [7, 11) is 0. The lowest BCUT2D eigenvalue weighted by atomic mass is 10.1. The van der Waals surface area contributed by atoms with E-state index < -0.39 is 0 Å². The fourth-order valence-electron chi connectivity index (χ4n) is 3.29. The van der Waals surface area contributed by atoms with Crippen LogP contribution in [0.4, 0.5) is 0 Å². The molecule has 3 N–H and O–H groups in total. The molecule has 2 aromatic heterocycles. The van der Waals surface area contributed by atoms with Crippen molar-refractivity contribution in [3.05, 3.63) is 93.4 Å². The number of aryl methyl sites for hydroxylation is 2. The van der Waals surface area contributed by atoms with Gasteiger partial charge in [0.2, 0.25) is 0 Å². The van der Waals surface area contributed by atoms with Crippen LogP contribution in [0.5, 0.6) is 0 Å². The zero-order valence-electron chi connectivity index (χ0n) is 15.6. The maximum absolute atomic E-state index is 12.6. The normalized spacial score (nSPS) is 11.2.